The zero-order valence-electron chi connectivity index (χ0n) is 9.08. The van der Waals surface area contributed by atoms with Crippen molar-refractivity contribution in [3.8, 4) is 0 Å². The third kappa shape index (κ3) is 3.06. The van der Waals surface area contributed by atoms with Crippen molar-refractivity contribution in [2.75, 3.05) is 25.5 Å². The summed E-state index contributed by atoms with van der Waals surface area (Å²) in [6, 6.07) is 0.791. The smallest absolute Gasteiger partial charge is 0.148 e. The third-order valence-corrected chi connectivity index (χ3v) is 3.94. The van der Waals surface area contributed by atoms with Gasteiger partial charge in [0, 0.05) is 19.1 Å². The van der Waals surface area contributed by atoms with E-state index in [1.807, 2.05) is 0 Å². The van der Waals surface area contributed by atoms with E-state index in [-0.39, 0.29) is 0 Å². The van der Waals surface area contributed by atoms with Crippen LogP contribution in [0, 0.1) is 0 Å². The number of anilines is 1. The summed E-state index contributed by atoms with van der Waals surface area (Å²) in [5.74, 6) is 0.754. The minimum atomic E-state index is 0.438. The van der Waals surface area contributed by atoms with E-state index in [2.05, 4.69) is 43.2 Å². The number of hydrogen-bond donors (Lipinski definition) is 1. The molecule has 0 bridgehead atoms. The van der Waals surface area contributed by atoms with Gasteiger partial charge in [0.15, 0.2) is 0 Å². The van der Waals surface area contributed by atoms with Crippen LogP contribution in [0.2, 0.25) is 5.15 Å². The van der Waals surface area contributed by atoms with E-state index >= 15 is 0 Å². The maximum atomic E-state index is 5.87. The van der Waals surface area contributed by atoms with Crippen LogP contribution in [0.4, 0.5) is 5.82 Å². The number of rotatable bonds is 5. The van der Waals surface area contributed by atoms with Crippen molar-refractivity contribution in [1.29, 1.82) is 0 Å². The van der Waals surface area contributed by atoms with Crippen molar-refractivity contribution >= 4 is 33.3 Å². The first-order valence-corrected chi connectivity index (χ1v) is 6.45. The molecule has 1 heterocycles. The molecule has 1 N–H and O–H groups in total. The topological polar surface area (TPSA) is 41.0 Å². The highest BCUT2D eigenvalue weighted by molar-refractivity contribution is 9.10. The van der Waals surface area contributed by atoms with E-state index in [1.54, 1.807) is 0 Å². The normalized spacial score (nSPS) is 15.5. The molecule has 0 saturated heterocycles. The van der Waals surface area contributed by atoms with Gasteiger partial charge in [0.25, 0.3) is 0 Å². The number of hydrogen-bond acceptors (Lipinski definition) is 4. The van der Waals surface area contributed by atoms with Crippen LogP contribution in [0.3, 0.4) is 0 Å². The molecule has 16 heavy (non-hydrogen) atoms. The van der Waals surface area contributed by atoms with E-state index < -0.39 is 0 Å². The zero-order valence-corrected chi connectivity index (χ0v) is 11.4. The largest absolute Gasteiger partial charge is 0.368 e. The van der Waals surface area contributed by atoms with Gasteiger partial charge in [0.2, 0.25) is 0 Å². The molecule has 1 saturated carbocycles. The highest BCUT2D eigenvalue weighted by Gasteiger charge is 2.25. The summed E-state index contributed by atoms with van der Waals surface area (Å²) in [6.45, 7) is 1.87. The molecule has 1 aromatic rings. The zero-order chi connectivity index (χ0) is 11.5. The van der Waals surface area contributed by atoms with Gasteiger partial charge in [-0.05, 0) is 35.8 Å². The molecule has 0 radical (unpaired) electrons. The van der Waals surface area contributed by atoms with Crippen molar-refractivity contribution in [1.82, 2.24) is 14.9 Å². The highest BCUT2D eigenvalue weighted by atomic mass is 79.9. The number of nitrogens with zero attached hydrogens (tertiary/aromatic N) is 3. The van der Waals surface area contributed by atoms with Crippen LogP contribution in [0.15, 0.2) is 10.8 Å². The Morgan fingerprint density at radius 3 is 3.00 bits per heavy atom. The molecule has 1 aromatic heterocycles. The average molecular weight is 306 g/mol. The average Bonchev–Trinajstić information content (AvgIpc) is 3.07. The van der Waals surface area contributed by atoms with Crippen LogP contribution in [0.5, 0.6) is 0 Å². The molecule has 6 heteroatoms. The summed E-state index contributed by atoms with van der Waals surface area (Å²) in [5, 5.41) is 3.68. The molecule has 4 nitrogen and oxygen atoms in total. The Hall–Kier alpha value is -0.390. The molecule has 0 aromatic carbocycles. The van der Waals surface area contributed by atoms with Crippen LogP contribution < -0.4 is 5.32 Å². The molecular weight excluding hydrogens is 291 g/mol. The summed E-state index contributed by atoms with van der Waals surface area (Å²) in [6.07, 6.45) is 4.12. The molecule has 2 rings (SSSR count). The van der Waals surface area contributed by atoms with Crippen LogP contribution >= 0.6 is 27.5 Å². The fourth-order valence-electron chi connectivity index (χ4n) is 1.52. The Bertz CT molecular complexity index is 370. The van der Waals surface area contributed by atoms with Gasteiger partial charge in [-0.3, -0.25) is 0 Å². The molecule has 1 aliphatic rings. The molecule has 1 fully saturated rings. The van der Waals surface area contributed by atoms with E-state index in [9.17, 15) is 0 Å². The van der Waals surface area contributed by atoms with Gasteiger partial charge in [-0.1, -0.05) is 11.6 Å². The fraction of sp³-hybridized carbons (Fsp3) is 0.600. The highest BCUT2D eigenvalue weighted by Crippen LogP contribution is 2.26. The molecule has 0 spiro atoms. The minimum absolute atomic E-state index is 0.438. The lowest BCUT2D eigenvalue weighted by Gasteiger charge is -2.16. The van der Waals surface area contributed by atoms with Gasteiger partial charge in [0.1, 0.15) is 17.3 Å². The Kier molecular flexibility index (Phi) is 4.00. The Morgan fingerprint density at radius 1 is 1.56 bits per heavy atom. The summed E-state index contributed by atoms with van der Waals surface area (Å²) >= 11 is 9.22. The van der Waals surface area contributed by atoms with Gasteiger partial charge in [-0.15, -0.1) is 0 Å². The number of aromatic nitrogens is 2. The number of likely N-dealkylation sites (N-methyl/N-ethyl adjacent to an activating group) is 1. The lowest BCUT2D eigenvalue weighted by molar-refractivity contribution is 0.337. The molecule has 0 amide bonds. The summed E-state index contributed by atoms with van der Waals surface area (Å²) < 4.78 is 0.728. The minimum Gasteiger partial charge on any atom is -0.368 e. The van der Waals surface area contributed by atoms with Crippen LogP contribution in [-0.2, 0) is 0 Å². The quantitative estimate of drug-likeness (QED) is 0.848. The SMILES string of the molecule is CN(CCNc1ncnc(Cl)c1Br)C1CC1. The third-order valence-electron chi connectivity index (χ3n) is 2.67. The van der Waals surface area contributed by atoms with Crippen molar-refractivity contribution in [2.24, 2.45) is 0 Å². The maximum absolute atomic E-state index is 5.87. The van der Waals surface area contributed by atoms with E-state index in [1.165, 1.54) is 19.2 Å². The van der Waals surface area contributed by atoms with Crippen LogP contribution in [0.1, 0.15) is 12.8 Å². The first kappa shape index (κ1) is 12.1. The second kappa shape index (κ2) is 5.29. The second-order valence-corrected chi connectivity index (χ2v) is 5.12. The summed E-state index contributed by atoms with van der Waals surface area (Å²) in [4.78, 5) is 10.4. The fourth-order valence-corrected chi connectivity index (χ4v) is 2.00. The van der Waals surface area contributed by atoms with Crippen LogP contribution in [-0.4, -0.2) is 41.0 Å². The van der Waals surface area contributed by atoms with Crippen molar-refractivity contribution < 1.29 is 0 Å². The predicted molar refractivity (Wildman–Crippen MR) is 68.9 cm³/mol. The van der Waals surface area contributed by atoms with Crippen LogP contribution in [0.25, 0.3) is 0 Å². The van der Waals surface area contributed by atoms with Gasteiger partial charge in [-0.25, -0.2) is 9.97 Å². The monoisotopic (exact) mass is 304 g/mol. The van der Waals surface area contributed by atoms with Crippen molar-refractivity contribution in [2.45, 2.75) is 18.9 Å². The Labute approximate surface area is 109 Å². The first-order chi connectivity index (χ1) is 7.68. The lowest BCUT2D eigenvalue weighted by Crippen LogP contribution is -2.27. The maximum Gasteiger partial charge on any atom is 0.148 e. The van der Waals surface area contributed by atoms with Gasteiger partial charge in [-0.2, -0.15) is 0 Å². The number of halogens is 2. The van der Waals surface area contributed by atoms with Crippen molar-refractivity contribution in [3.05, 3.63) is 16.0 Å². The summed E-state index contributed by atoms with van der Waals surface area (Å²) in [7, 11) is 2.15. The van der Waals surface area contributed by atoms with E-state index in [4.69, 9.17) is 11.6 Å². The number of nitrogens with one attached hydrogen (secondary N) is 1. The van der Waals surface area contributed by atoms with E-state index in [0.29, 0.717) is 5.15 Å². The molecule has 0 aliphatic heterocycles. The standard InChI is InChI=1S/C10H14BrClN4/c1-16(7-2-3-7)5-4-13-10-8(11)9(12)14-6-15-10/h6-7H,2-5H2,1H3,(H,13,14,15). The van der Waals surface area contributed by atoms with E-state index in [0.717, 1.165) is 29.4 Å². The second-order valence-electron chi connectivity index (χ2n) is 3.97. The van der Waals surface area contributed by atoms with Gasteiger partial charge < -0.3 is 10.2 Å². The lowest BCUT2D eigenvalue weighted by atomic mass is 10.5. The van der Waals surface area contributed by atoms with Gasteiger partial charge >= 0.3 is 0 Å². The molecule has 0 atom stereocenters. The Morgan fingerprint density at radius 2 is 2.31 bits per heavy atom. The summed E-state index contributed by atoms with van der Waals surface area (Å²) in [5.41, 5.74) is 0. The predicted octanol–water partition coefficient (Wildman–Crippen LogP) is 2.40. The van der Waals surface area contributed by atoms with Gasteiger partial charge in [0.05, 0.1) is 4.47 Å². The van der Waals surface area contributed by atoms with Crippen molar-refractivity contribution in [3.63, 3.8) is 0 Å². The molecule has 88 valence electrons. The molecular formula is C10H14BrClN4. The molecule has 1 aliphatic carbocycles. The Balaban J connectivity index is 1.82. The molecule has 0 unspecified atom stereocenters. The first-order valence-electron chi connectivity index (χ1n) is 5.28.